The molecule has 2 aromatic rings. The first-order chi connectivity index (χ1) is 15.6. The van der Waals surface area contributed by atoms with Gasteiger partial charge in [-0.15, -0.1) is 0 Å². The van der Waals surface area contributed by atoms with E-state index in [-0.39, 0.29) is 17.6 Å². The highest BCUT2D eigenvalue weighted by molar-refractivity contribution is 9.10. The van der Waals surface area contributed by atoms with E-state index >= 15 is 0 Å². The Balaban J connectivity index is 1.42. The summed E-state index contributed by atoms with van der Waals surface area (Å²) in [6.07, 6.45) is 8.74. The molecule has 2 N–H and O–H groups in total. The molecule has 1 saturated carbocycles. The van der Waals surface area contributed by atoms with Gasteiger partial charge in [0.25, 0.3) is 5.91 Å². The van der Waals surface area contributed by atoms with Gasteiger partial charge in [-0.25, -0.2) is 0 Å². The lowest BCUT2D eigenvalue weighted by Gasteiger charge is -2.34. The van der Waals surface area contributed by atoms with Gasteiger partial charge in [-0.2, -0.15) is 0 Å². The molecule has 32 heavy (non-hydrogen) atoms. The fourth-order valence-corrected chi connectivity index (χ4v) is 4.94. The van der Waals surface area contributed by atoms with Crippen molar-refractivity contribution in [1.29, 1.82) is 0 Å². The summed E-state index contributed by atoms with van der Waals surface area (Å²) >= 11 is 3.51. The van der Waals surface area contributed by atoms with Gasteiger partial charge in [0.15, 0.2) is 5.76 Å². The van der Waals surface area contributed by atoms with Crippen LogP contribution < -0.4 is 10.6 Å². The van der Waals surface area contributed by atoms with E-state index in [2.05, 4.69) is 55.7 Å². The van der Waals surface area contributed by atoms with Gasteiger partial charge in [-0.05, 0) is 61.9 Å². The van der Waals surface area contributed by atoms with Crippen LogP contribution in [0.15, 0.2) is 45.3 Å². The van der Waals surface area contributed by atoms with Crippen LogP contribution in [0.2, 0.25) is 0 Å². The maximum atomic E-state index is 12.7. The van der Waals surface area contributed by atoms with Crippen LogP contribution in [0, 0.1) is 0 Å². The summed E-state index contributed by atoms with van der Waals surface area (Å²) in [5, 5.41) is 5.69. The van der Waals surface area contributed by atoms with Crippen LogP contribution in [-0.2, 0) is 17.9 Å². The van der Waals surface area contributed by atoms with E-state index < -0.39 is 6.04 Å². The number of carbonyl (C=O) groups is 2. The van der Waals surface area contributed by atoms with Crippen molar-refractivity contribution in [2.75, 3.05) is 6.54 Å². The number of hydrogen-bond donors (Lipinski definition) is 2. The number of halogens is 1. The van der Waals surface area contributed by atoms with E-state index in [1.54, 1.807) is 6.07 Å². The third kappa shape index (κ3) is 6.23. The highest BCUT2D eigenvalue weighted by Gasteiger charge is 2.26. The lowest BCUT2D eigenvalue weighted by Crippen LogP contribution is -2.45. The summed E-state index contributed by atoms with van der Waals surface area (Å²) in [5.74, 6) is 0.614. The lowest BCUT2D eigenvalue weighted by molar-refractivity contribution is -0.122. The number of benzene rings is 1. The molecule has 0 spiro atoms. The minimum absolute atomic E-state index is 0.111. The van der Waals surface area contributed by atoms with Crippen molar-refractivity contribution >= 4 is 27.7 Å². The Kier molecular flexibility index (Phi) is 8.03. The molecule has 6 nitrogen and oxygen atoms in total. The largest absolute Gasteiger partial charge is 0.455 e. The van der Waals surface area contributed by atoms with Crippen LogP contribution in [0.5, 0.6) is 0 Å². The van der Waals surface area contributed by atoms with E-state index in [9.17, 15) is 9.59 Å². The van der Waals surface area contributed by atoms with Crippen molar-refractivity contribution in [1.82, 2.24) is 15.5 Å². The van der Waals surface area contributed by atoms with Crippen molar-refractivity contribution in [3.05, 3.63) is 58.0 Å². The molecule has 172 valence electrons. The summed E-state index contributed by atoms with van der Waals surface area (Å²) in [7, 11) is 0. The number of furan rings is 1. The third-order valence-corrected chi connectivity index (χ3v) is 7.00. The molecule has 1 unspecified atom stereocenters. The third-order valence-electron chi connectivity index (χ3n) is 6.48. The molecule has 1 atom stereocenters. The summed E-state index contributed by atoms with van der Waals surface area (Å²) in [5.41, 5.74) is 1.27. The molecule has 2 amide bonds. The Morgan fingerprint density at radius 2 is 1.75 bits per heavy atom. The van der Waals surface area contributed by atoms with Gasteiger partial charge in [0, 0.05) is 23.6 Å². The molecule has 7 heteroatoms. The van der Waals surface area contributed by atoms with Crippen LogP contribution in [0.3, 0.4) is 0 Å². The first-order valence-electron chi connectivity index (χ1n) is 11.7. The van der Waals surface area contributed by atoms with E-state index in [0.29, 0.717) is 25.6 Å². The van der Waals surface area contributed by atoms with Crippen molar-refractivity contribution in [3.63, 3.8) is 0 Å². The number of nitrogens with one attached hydrogen (secondary N) is 2. The van der Waals surface area contributed by atoms with Crippen molar-refractivity contribution in [3.8, 4) is 0 Å². The summed E-state index contributed by atoms with van der Waals surface area (Å²) in [4.78, 5) is 27.3. The van der Waals surface area contributed by atoms with E-state index in [4.69, 9.17) is 4.42 Å². The van der Waals surface area contributed by atoms with Gasteiger partial charge in [0.2, 0.25) is 5.91 Å². The SMILES string of the molecule is O=C(NC1CCCCNC1=O)c1ccc(CN(Cc2ccc(Br)cc2)C2CCCCC2)o1. The van der Waals surface area contributed by atoms with Gasteiger partial charge in [-0.3, -0.25) is 14.5 Å². The monoisotopic (exact) mass is 501 g/mol. The lowest BCUT2D eigenvalue weighted by atomic mass is 9.93. The van der Waals surface area contributed by atoms with E-state index in [1.165, 1.54) is 37.7 Å². The van der Waals surface area contributed by atoms with Gasteiger partial charge >= 0.3 is 0 Å². The minimum Gasteiger partial charge on any atom is -0.455 e. The quantitative estimate of drug-likeness (QED) is 0.572. The second-order valence-electron chi connectivity index (χ2n) is 8.90. The fourth-order valence-electron chi connectivity index (χ4n) is 4.68. The Hall–Kier alpha value is -2.12. The molecular formula is C25H32BrN3O3. The number of nitrogens with zero attached hydrogens (tertiary/aromatic N) is 1. The van der Waals surface area contributed by atoms with Crippen molar-refractivity contribution in [2.24, 2.45) is 0 Å². The van der Waals surface area contributed by atoms with Crippen LogP contribution in [0.4, 0.5) is 0 Å². The van der Waals surface area contributed by atoms with Gasteiger partial charge in [0.1, 0.15) is 11.8 Å². The molecule has 2 aliphatic rings. The predicted molar refractivity (Wildman–Crippen MR) is 127 cm³/mol. The molecule has 1 aliphatic heterocycles. The maximum absolute atomic E-state index is 12.7. The van der Waals surface area contributed by atoms with Crippen LogP contribution in [-0.4, -0.2) is 35.3 Å². The van der Waals surface area contributed by atoms with Crippen LogP contribution in [0.25, 0.3) is 0 Å². The van der Waals surface area contributed by atoms with Crippen LogP contribution in [0.1, 0.15) is 73.2 Å². The highest BCUT2D eigenvalue weighted by atomic mass is 79.9. The second kappa shape index (κ2) is 11.1. The topological polar surface area (TPSA) is 74.6 Å². The average molecular weight is 502 g/mol. The zero-order chi connectivity index (χ0) is 22.3. The molecule has 1 saturated heterocycles. The minimum atomic E-state index is -0.491. The van der Waals surface area contributed by atoms with Crippen molar-refractivity contribution < 1.29 is 14.0 Å². The normalized spacial score (nSPS) is 20.1. The standard InChI is InChI=1S/C25H32BrN3O3/c26-19-11-9-18(10-12-19)16-29(20-6-2-1-3-7-20)17-21-13-14-23(32-21)25(31)28-22-8-4-5-15-27-24(22)30/h9-14,20,22H,1-8,15-17H2,(H,27,30)(H,28,31). The Morgan fingerprint density at radius 1 is 1.00 bits per heavy atom. The van der Waals surface area contributed by atoms with Crippen molar-refractivity contribution in [2.45, 2.75) is 76.5 Å². The predicted octanol–water partition coefficient (Wildman–Crippen LogP) is 4.78. The molecule has 0 bridgehead atoms. The number of rotatable bonds is 7. The molecule has 1 aromatic heterocycles. The molecule has 4 rings (SSSR count). The molecular weight excluding hydrogens is 470 g/mol. The Bertz CT molecular complexity index is 905. The van der Waals surface area contributed by atoms with E-state index in [1.807, 2.05) is 6.07 Å². The molecule has 1 aliphatic carbocycles. The number of amides is 2. The Morgan fingerprint density at radius 3 is 2.53 bits per heavy atom. The zero-order valence-corrected chi connectivity index (χ0v) is 20.0. The zero-order valence-electron chi connectivity index (χ0n) is 18.4. The molecule has 1 aromatic carbocycles. The Labute approximate surface area is 198 Å². The first-order valence-corrected chi connectivity index (χ1v) is 12.5. The van der Waals surface area contributed by atoms with Gasteiger partial charge < -0.3 is 15.1 Å². The van der Waals surface area contributed by atoms with Gasteiger partial charge in [-0.1, -0.05) is 47.3 Å². The summed E-state index contributed by atoms with van der Waals surface area (Å²) in [6.45, 7) is 2.19. The second-order valence-corrected chi connectivity index (χ2v) is 9.82. The average Bonchev–Trinajstić information content (AvgIpc) is 3.19. The fraction of sp³-hybridized carbons (Fsp3) is 0.520. The highest BCUT2D eigenvalue weighted by Crippen LogP contribution is 2.26. The number of carbonyl (C=O) groups excluding carboxylic acids is 2. The molecule has 0 radical (unpaired) electrons. The van der Waals surface area contributed by atoms with Crippen LogP contribution >= 0.6 is 15.9 Å². The summed E-state index contributed by atoms with van der Waals surface area (Å²) < 4.78 is 7.02. The first kappa shape index (κ1) is 23.1. The van der Waals surface area contributed by atoms with E-state index in [0.717, 1.165) is 29.6 Å². The van der Waals surface area contributed by atoms with Gasteiger partial charge in [0.05, 0.1) is 6.54 Å². The maximum Gasteiger partial charge on any atom is 0.287 e. The summed E-state index contributed by atoms with van der Waals surface area (Å²) in [6, 6.07) is 12.1. The number of hydrogen-bond acceptors (Lipinski definition) is 4. The molecule has 2 heterocycles. The molecule has 2 fully saturated rings. The smallest absolute Gasteiger partial charge is 0.287 e.